The van der Waals surface area contributed by atoms with E-state index in [1.54, 1.807) is 32.1 Å². The van der Waals surface area contributed by atoms with E-state index in [9.17, 15) is 0 Å². The van der Waals surface area contributed by atoms with E-state index >= 15 is 0 Å². The Balaban J connectivity index is 1.59. The van der Waals surface area contributed by atoms with Crippen LogP contribution in [0.1, 0.15) is 78.1 Å². The predicted octanol–water partition coefficient (Wildman–Crippen LogP) is 5.01. The van der Waals surface area contributed by atoms with E-state index in [0.717, 1.165) is 35.6 Å². The largest absolute Gasteiger partial charge is 0.314 e. The molecule has 1 atom stereocenters. The van der Waals surface area contributed by atoms with Gasteiger partial charge in [-0.1, -0.05) is 39.5 Å². The van der Waals surface area contributed by atoms with Crippen LogP contribution in [0.25, 0.3) is 0 Å². The first-order chi connectivity index (χ1) is 9.81. The van der Waals surface area contributed by atoms with Crippen LogP contribution in [0, 0.1) is 29.6 Å². The molecule has 0 aromatic carbocycles. The van der Waals surface area contributed by atoms with Crippen molar-refractivity contribution in [2.75, 3.05) is 6.54 Å². The molecular formula is C19H35N. The summed E-state index contributed by atoms with van der Waals surface area (Å²) >= 11 is 0. The van der Waals surface area contributed by atoms with Crippen molar-refractivity contribution >= 4 is 0 Å². The van der Waals surface area contributed by atoms with Gasteiger partial charge in [-0.3, -0.25) is 0 Å². The summed E-state index contributed by atoms with van der Waals surface area (Å²) in [4.78, 5) is 0. The normalized spacial score (nSPS) is 40.2. The molecule has 0 aliphatic heterocycles. The van der Waals surface area contributed by atoms with Crippen molar-refractivity contribution in [3.63, 3.8) is 0 Å². The Labute approximate surface area is 126 Å². The van der Waals surface area contributed by atoms with E-state index < -0.39 is 0 Å². The molecule has 4 aliphatic rings. The minimum atomic E-state index is 0.840. The summed E-state index contributed by atoms with van der Waals surface area (Å²) in [7, 11) is 0. The molecule has 0 aromatic rings. The van der Waals surface area contributed by atoms with E-state index in [2.05, 4.69) is 19.2 Å². The van der Waals surface area contributed by atoms with Crippen molar-refractivity contribution in [1.82, 2.24) is 5.32 Å². The monoisotopic (exact) mass is 277 g/mol. The minimum Gasteiger partial charge on any atom is -0.314 e. The van der Waals surface area contributed by atoms with Gasteiger partial charge in [-0.25, -0.2) is 0 Å². The van der Waals surface area contributed by atoms with E-state index in [1.807, 2.05) is 0 Å². The molecule has 1 nitrogen and oxygen atoms in total. The summed E-state index contributed by atoms with van der Waals surface area (Å²) in [6.07, 6.45) is 15.0. The second kappa shape index (κ2) is 6.81. The average Bonchev–Trinajstić information content (AvgIpc) is 2.42. The molecule has 1 unspecified atom stereocenters. The Bertz CT molecular complexity index is 270. The van der Waals surface area contributed by atoms with E-state index in [-0.39, 0.29) is 0 Å². The Kier molecular flexibility index (Phi) is 5.07. The third-order valence-corrected chi connectivity index (χ3v) is 6.60. The van der Waals surface area contributed by atoms with Gasteiger partial charge in [0, 0.05) is 6.04 Å². The van der Waals surface area contributed by atoms with Gasteiger partial charge < -0.3 is 5.32 Å². The van der Waals surface area contributed by atoms with Crippen molar-refractivity contribution in [2.24, 2.45) is 29.6 Å². The zero-order valence-corrected chi connectivity index (χ0v) is 13.7. The first-order valence-electron chi connectivity index (χ1n) is 9.55. The molecule has 116 valence electrons. The molecule has 0 amide bonds. The number of unbranched alkanes of at least 4 members (excludes halogenated alkanes) is 3. The van der Waals surface area contributed by atoms with Crippen LogP contribution in [0.3, 0.4) is 0 Å². The second-order valence-electron chi connectivity index (χ2n) is 8.02. The van der Waals surface area contributed by atoms with Crippen molar-refractivity contribution in [2.45, 2.75) is 84.1 Å². The summed E-state index contributed by atoms with van der Waals surface area (Å²) < 4.78 is 0. The summed E-state index contributed by atoms with van der Waals surface area (Å²) in [5.74, 6) is 5.44. The molecule has 0 radical (unpaired) electrons. The second-order valence-corrected chi connectivity index (χ2v) is 8.02. The van der Waals surface area contributed by atoms with Gasteiger partial charge in [-0.2, -0.15) is 0 Å². The molecule has 4 saturated carbocycles. The average molecular weight is 277 g/mol. The molecule has 0 saturated heterocycles. The molecule has 4 bridgehead atoms. The van der Waals surface area contributed by atoms with Crippen LogP contribution in [-0.4, -0.2) is 12.6 Å². The van der Waals surface area contributed by atoms with E-state index in [1.165, 1.54) is 38.6 Å². The predicted molar refractivity (Wildman–Crippen MR) is 86.8 cm³/mol. The molecule has 0 aromatic heterocycles. The highest BCUT2D eigenvalue weighted by molar-refractivity contribution is 5.01. The van der Waals surface area contributed by atoms with Crippen molar-refractivity contribution in [1.29, 1.82) is 0 Å². The summed E-state index contributed by atoms with van der Waals surface area (Å²) in [5, 5.41) is 3.89. The Morgan fingerprint density at radius 1 is 0.850 bits per heavy atom. The van der Waals surface area contributed by atoms with Crippen molar-refractivity contribution < 1.29 is 0 Å². The summed E-state index contributed by atoms with van der Waals surface area (Å²) in [5.41, 5.74) is 0. The molecule has 4 fully saturated rings. The lowest BCUT2D eigenvalue weighted by Gasteiger charge is -2.56. The molecule has 4 aliphatic carbocycles. The molecule has 0 spiro atoms. The maximum Gasteiger partial charge on any atom is 0.0100 e. The fourth-order valence-electron chi connectivity index (χ4n) is 6.11. The molecule has 1 heteroatoms. The number of hydrogen-bond acceptors (Lipinski definition) is 1. The summed E-state index contributed by atoms with van der Waals surface area (Å²) in [6.45, 7) is 5.79. The van der Waals surface area contributed by atoms with Crippen LogP contribution in [0.15, 0.2) is 0 Å². The number of hydrogen-bond donors (Lipinski definition) is 1. The van der Waals surface area contributed by atoms with Crippen LogP contribution in [0.5, 0.6) is 0 Å². The quantitative estimate of drug-likeness (QED) is 0.615. The van der Waals surface area contributed by atoms with Crippen LogP contribution in [-0.2, 0) is 0 Å². The van der Waals surface area contributed by atoms with Crippen LogP contribution in [0.4, 0.5) is 0 Å². The van der Waals surface area contributed by atoms with Crippen LogP contribution < -0.4 is 5.32 Å². The van der Waals surface area contributed by atoms with Crippen molar-refractivity contribution in [3.05, 3.63) is 0 Å². The topological polar surface area (TPSA) is 12.0 Å². The first kappa shape index (κ1) is 14.9. The van der Waals surface area contributed by atoms with Crippen LogP contribution >= 0.6 is 0 Å². The molecule has 1 N–H and O–H groups in total. The van der Waals surface area contributed by atoms with Gasteiger partial charge in [-0.15, -0.1) is 0 Å². The SMILES string of the molecule is CCCCCCC(NCC)C1C2CC3CC(C2)CC1C3. The van der Waals surface area contributed by atoms with Crippen molar-refractivity contribution in [3.8, 4) is 0 Å². The number of rotatable bonds is 8. The van der Waals surface area contributed by atoms with Gasteiger partial charge in [-0.05, 0) is 74.7 Å². The first-order valence-corrected chi connectivity index (χ1v) is 9.55. The summed E-state index contributed by atoms with van der Waals surface area (Å²) in [6, 6.07) is 0.840. The van der Waals surface area contributed by atoms with Gasteiger partial charge >= 0.3 is 0 Å². The molecule has 20 heavy (non-hydrogen) atoms. The third kappa shape index (κ3) is 3.08. The van der Waals surface area contributed by atoms with Gasteiger partial charge in [0.15, 0.2) is 0 Å². The van der Waals surface area contributed by atoms with Gasteiger partial charge in [0.1, 0.15) is 0 Å². The van der Waals surface area contributed by atoms with E-state index in [4.69, 9.17) is 0 Å². The zero-order chi connectivity index (χ0) is 13.9. The minimum absolute atomic E-state index is 0.840. The Morgan fingerprint density at radius 3 is 2.05 bits per heavy atom. The lowest BCUT2D eigenvalue weighted by Crippen LogP contribution is -2.53. The standard InChI is InChI=1S/C19H35N/c1-3-5-6-7-8-18(20-4-2)19-16-10-14-9-15(12-16)13-17(19)11-14/h14-20H,3-13H2,1-2H3. The Morgan fingerprint density at radius 2 is 1.50 bits per heavy atom. The molecule has 0 heterocycles. The molecule has 4 rings (SSSR count). The molecular weight excluding hydrogens is 242 g/mol. The fourth-order valence-corrected chi connectivity index (χ4v) is 6.11. The highest BCUT2D eigenvalue weighted by atomic mass is 14.9. The maximum atomic E-state index is 3.89. The lowest BCUT2D eigenvalue weighted by molar-refractivity contribution is -0.0529. The fraction of sp³-hybridized carbons (Fsp3) is 1.00. The highest BCUT2D eigenvalue weighted by Gasteiger charge is 2.50. The van der Waals surface area contributed by atoms with E-state index in [0.29, 0.717) is 0 Å². The van der Waals surface area contributed by atoms with Gasteiger partial charge in [0.25, 0.3) is 0 Å². The third-order valence-electron chi connectivity index (χ3n) is 6.60. The van der Waals surface area contributed by atoms with Gasteiger partial charge in [0.2, 0.25) is 0 Å². The lowest BCUT2D eigenvalue weighted by atomic mass is 9.50. The Hall–Kier alpha value is -0.0400. The number of nitrogens with one attached hydrogen (secondary N) is 1. The highest BCUT2D eigenvalue weighted by Crippen LogP contribution is 2.57. The van der Waals surface area contributed by atoms with Gasteiger partial charge in [0.05, 0.1) is 0 Å². The van der Waals surface area contributed by atoms with Crippen LogP contribution in [0.2, 0.25) is 0 Å². The maximum absolute atomic E-state index is 3.89. The smallest absolute Gasteiger partial charge is 0.0100 e. The zero-order valence-electron chi connectivity index (χ0n) is 13.7.